The summed E-state index contributed by atoms with van der Waals surface area (Å²) in [5, 5.41) is 3.09. The summed E-state index contributed by atoms with van der Waals surface area (Å²) < 4.78 is 14.2. The number of rotatable bonds is 5. The number of anilines is 1. The maximum absolute atomic E-state index is 13.3. The van der Waals surface area contributed by atoms with Crippen LogP contribution in [0.1, 0.15) is 18.9 Å². The summed E-state index contributed by atoms with van der Waals surface area (Å²) in [6, 6.07) is 13.3. The van der Waals surface area contributed by atoms with Crippen molar-refractivity contribution < 1.29 is 9.18 Å². The van der Waals surface area contributed by atoms with E-state index in [9.17, 15) is 9.18 Å². The molecule has 0 spiro atoms. The SMILES string of the molecule is CCC(Nc1cccc(F)c1)(C(N)=O)c1ccc(Br)cc1. The lowest BCUT2D eigenvalue weighted by Gasteiger charge is -2.32. The molecule has 2 aromatic carbocycles. The Labute approximate surface area is 131 Å². The third-order valence-electron chi connectivity index (χ3n) is 3.47. The molecule has 1 amide bonds. The van der Waals surface area contributed by atoms with Crippen LogP contribution < -0.4 is 11.1 Å². The Balaban J connectivity index is 2.46. The average molecular weight is 351 g/mol. The Morgan fingerprint density at radius 1 is 1.29 bits per heavy atom. The molecule has 0 aliphatic rings. The highest BCUT2D eigenvalue weighted by Crippen LogP contribution is 2.31. The van der Waals surface area contributed by atoms with Crippen LogP contribution in [0.5, 0.6) is 0 Å². The summed E-state index contributed by atoms with van der Waals surface area (Å²) in [7, 11) is 0. The Bertz CT molecular complexity index is 645. The average Bonchev–Trinajstić information content (AvgIpc) is 2.45. The smallest absolute Gasteiger partial charge is 0.247 e. The van der Waals surface area contributed by atoms with E-state index in [4.69, 9.17) is 5.73 Å². The minimum atomic E-state index is -1.07. The topological polar surface area (TPSA) is 55.1 Å². The molecule has 0 radical (unpaired) electrons. The molecule has 0 fully saturated rings. The van der Waals surface area contributed by atoms with E-state index in [0.29, 0.717) is 12.1 Å². The number of amides is 1. The van der Waals surface area contributed by atoms with Gasteiger partial charge in [0.05, 0.1) is 0 Å². The van der Waals surface area contributed by atoms with Gasteiger partial charge in [0, 0.05) is 10.2 Å². The van der Waals surface area contributed by atoms with Crippen molar-refractivity contribution in [3.63, 3.8) is 0 Å². The number of carbonyl (C=O) groups is 1. The Morgan fingerprint density at radius 3 is 2.48 bits per heavy atom. The number of hydrogen-bond acceptors (Lipinski definition) is 2. The van der Waals surface area contributed by atoms with E-state index in [1.54, 1.807) is 12.1 Å². The van der Waals surface area contributed by atoms with Gasteiger partial charge in [-0.1, -0.05) is 41.1 Å². The summed E-state index contributed by atoms with van der Waals surface area (Å²) in [6.45, 7) is 1.86. The van der Waals surface area contributed by atoms with E-state index < -0.39 is 11.4 Å². The van der Waals surface area contributed by atoms with Crippen molar-refractivity contribution in [3.8, 4) is 0 Å². The molecule has 21 heavy (non-hydrogen) atoms. The fourth-order valence-electron chi connectivity index (χ4n) is 2.29. The third-order valence-corrected chi connectivity index (χ3v) is 4.00. The van der Waals surface area contributed by atoms with E-state index >= 15 is 0 Å². The maximum atomic E-state index is 13.3. The molecule has 0 saturated heterocycles. The zero-order chi connectivity index (χ0) is 15.5. The number of hydrogen-bond donors (Lipinski definition) is 2. The standard InChI is InChI=1S/C16H16BrFN2O/c1-2-16(15(19)21,11-6-8-12(17)9-7-11)20-14-5-3-4-13(18)10-14/h3-10,20H,2H2,1H3,(H2,19,21). The molecule has 2 aromatic rings. The minimum absolute atomic E-state index is 0.370. The van der Waals surface area contributed by atoms with Gasteiger partial charge in [-0.25, -0.2) is 4.39 Å². The van der Waals surface area contributed by atoms with Gasteiger partial charge < -0.3 is 11.1 Å². The van der Waals surface area contributed by atoms with Crippen LogP contribution in [-0.2, 0) is 10.3 Å². The van der Waals surface area contributed by atoms with Gasteiger partial charge in [0.25, 0.3) is 0 Å². The first-order chi connectivity index (χ1) is 9.98. The molecule has 5 heteroatoms. The summed E-state index contributed by atoms with van der Waals surface area (Å²) in [6.07, 6.45) is 0.445. The Hall–Kier alpha value is -1.88. The molecule has 0 saturated carbocycles. The predicted octanol–water partition coefficient (Wildman–Crippen LogP) is 3.79. The van der Waals surface area contributed by atoms with Crippen LogP contribution in [0.2, 0.25) is 0 Å². The third kappa shape index (κ3) is 3.24. The number of nitrogens with one attached hydrogen (secondary N) is 1. The van der Waals surface area contributed by atoms with Crippen molar-refractivity contribution in [1.82, 2.24) is 0 Å². The van der Waals surface area contributed by atoms with Crippen LogP contribution in [0.4, 0.5) is 10.1 Å². The van der Waals surface area contributed by atoms with Gasteiger partial charge in [0.1, 0.15) is 11.4 Å². The van der Waals surface area contributed by atoms with E-state index in [-0.39, 0.29) is 5.82 Å². The van der Waals surface area contributed by atoms with Gasteiger partial charge in [-0.2, -0.15) is 0 Å². The van der Waals surface area contributed by atoms with E-state index in [1.165, 1.54) is 12.1 Å². The monoisotopic (exact) mass is 350 g/mol. The molecule has 0 bridgehead atoms. The quantitative estimate of drug-likeness (QED) is 0.861. The summed E-state index contributed by atoms with van der Waals surface area (Å²) >= 11 is 3.36. The molecule has 1 atom stereocenters. The second kappa shape index (κ2) is 6.26. The largest absolute Gasteiger partial charge is 0.368 e. The van der Waals surface area contributed by atoms with Gasteiger partial charge in [0.2, 0.25) is 5.91 Å². The number of benzene rings is 2. The second-order valence-electron chi connectivity index (χ2n) is 4.77. The molecule has 0 heterocycles. The van der Waals surface area contributed by atoms with E-state index in [2.05, 4.69) is 21.2 Å². The zero-order valence-corrected chi connectivity index (χ0v) is 13.2. The predicted molar refractivity (Wildman–Crippen MR) is 85.3 cm³/mol. The van der Waals surface area contributed by atoms with Crippen molar-refractivity contribution >= 4 is 27.5 Å². The number of nitrogens with two attached hydrogens (primary N) is 1. The summed E-state index contributed by atoms with van der Waals surface area (Å²) in [5.41, 5.74) is 5.81. The van der Waals surface area contributed by atoms with Crippen molar-refractivity contribution in [2.45, 2.75) is 18.9 Å². The van der Waals surface area contributed by atoms with Crippen molar-refractivity contribution in [1.29, 1.82) is 0 Å². The molecule has 2 rings (SSSR count). The lowest BCUT2D eigenvalue weighted by molar-refractivity contribution is -0.122. The van der Waals surface area contributed by atoms with Crippen LogP contribution in [0.25, 0.3) is 0 Å². The summed E-state index contributed by atoms with van der Waals surface area (Å²) in [4.78, 5) is 12.1. The lowest BCUT2D eigenvalue weighted by atomic mass is 9.86. The molecular weight excluding hydrogens is 335 g/mol. The normalized spacial score (nSPS) is 13.5. The molecule has 110 valence electrons. The van der Waals surface area contributed by atoms with Gasteiger partial charge in [-0.05, 0) is 42.3 Å². The molecule has 1 unspecified atom stereocenters. The molecule has 3 nitrogen and oxygen atoms in total. The highest BCUT2D eigenvalue weighted by atomic mass is 79.9. The van der Waals surface area contributed by atoms with Gasteiger partial charge in [-0.3, -0.25) is 4.79 Å². The zero-order valence-electron chi connectivity index (χ0n) is 11.6. The highest BCUT2D eigenvalue weighted by Gasteiger charge is 2.36. The first kappa shape index (κ1) is 15.5. The molecule has 0 aliphatic heterocycles. The minimum Gasteiger partial charge on any atom is -0.368 e. The molecule has 0 aromatic heterocycles. The fourth-order valence-corrected chi connectivity index (χ4v) is 2.55. The van der Waals surface area contributed by atoms with Crippen LogP contribution in [0.15, 0.2) is 53.0 Å². The summed E-state index contributed by atoms with van der Waals surface area (Å²) in [5.74, 6) is -0.873. The van der Waals surface area contributed by atoms with Crippen molar-refractivity contribution in [2.75, 3.05) is 5.32 Å². The first-order valence-electron chi connectivity index (χ1n) is 6.57. The number of carbonyl (C=O) groups excluding carboxylic acids is 1. The number of halogens is 2. The Kier molecular flexibility index (Phi) is 4.63. The van der Waals surface area contributed by atoms with Crippen molar-refractivity contribution in [3.05, 3.63) is 64.4 Å². The fraction of sp³-hybridized carbons (Fsp3) is 0.188. The molecular formula is C16H16BrFN2O. The van der Waals surface area contributed by atoms with E-state index in [1.807, 2.05) is 31.2 Å². The van der Waals surface area contributed by atoms with Crippen LogP contribution in [0.3, 0.4) is 0 Å². The van der Waals surface area contributed by atoms with Crippen LogP contribution in [0, 0.1) is 5.82 Å². The highest BCUT2D eigenvalue weighted by molar-refractivity contribution is 9.10. The Morgan fingerprint density at radius 2 is 1.95 bits per heavy atom. The van der Waals surface area contributed by atoms with Crippen LogP contribution in [-0.4, -0.2) is 5.91 Å². The van der Waals surface area contributed by atoms with Gasteiger partial charge >= 0.3 is 0 Å². The molecule has 0 aliphatic carbocycles. The van der Waals surface area contributed by atoms with Gasteiger partial charge in [0.15, 0.2) is 0 Å². The maximum Gasteiger partial charge on any atom is 0.247 e. The first-order valence-corrected chi connectivity index (χ1v) is 7.37. The number of primary amides is 1. The van der Waals surface area contributed by atoms with Crippen LogP contribution >= 0.6 is 15.9 Å². The molecule has 3 N–H and O–H groups in total. The lowest BCUT2D eigenvalue weighted by Crippen LogP contribution is -2.47. The van der Waals surface area contributed by atoms with Crippen molar-refractivity contribution in [2.24, 2.45) is 5.73 Å². The van der Waals surface area contributed by atoms with Gasteiger partial charge in [-0.15, -0.1) is 0 Å². The second-order valence-corrected chi connectivity index (χ2v) is 5.68. The van der Waals surface area contributed by atoms with E-state index in [0.717, 1.165) is 10.0 Å².